The molecule has 0 spiro atoms. The van der Waals surface area contributed by atoms with Gasteiger partial charge in [0.15, 0.2) is 12.7 Å². The van der Waals surface area contributed by atoms with Crippen LogP contribution in [0.2, 0.25) is 0 Å². The van der Waals surface area contributed by atoms with Crippen molar-refractivity contribution in [1.82, 2.24) is 0 Å². The quantitative estimate of drug-likeness (QED) is 0.591. The van der Waals surface area contributed by atoms with E-state index < -0.39 is 12.1 Å². The van der Waals surface area contributed by atoms with Gasteiger partial charge in [0.25, 0.3) is 0 Å². The molecule has 1 aliphatic rings. The highest BCUT2D eigenvalue weighted by Gasteiger charge is 2.21. The molecule has 5 nitrogen and oxygen atoms in total. The molecule has 26 heavy (non-hydrogen) atoms. The third-order valence-electron chi connectivity index (χ3n) is 4.40. The summed E-state index contributed by atoms with van der Waals surface area (Å²) >= 11 is 0. The molecule has 0 N–H and O–H groups in total. The number of esters is 1. The predicted molar refractivity (Wildman–Crippen MR) is 95.0 cm³/mol. The van der Waals surface area contributed by atoms with Crippen LogP contribution in [0.1, 0.15) is 40.4 Å². The summed E-state index contributed by atoms with van der Waals surface area (Å²) in [6.45, 7) is 1.27. The minimum Gasteiger partial charge on any atom is -0.482 e. The van der Waals surface area contributed by atoms with Crippen molar-refractivity contribution in [2.45, 2.75) is 32.3 Å². The number of rotatable bonds is 6. The number of ketones is 1. The molecule has 2 aromatic rings. The third kappa shape index (κ3) is 4.09. The van der Waals surface area contributed by atoms with E-state index in [1.807, 2.05) is 18.2 Å². The van der Waals surface area contributed by atoms with Gasteiger partial charge in [-0.3, -0.25) is 4.79 Å². The van der Waals surface area contributed by atoms with Crippen LogP contribution in [0.3, 0.4) is 0 Å². The van der Waals surface area contributed by atoms with Crippen LogP contribution in [0, 0.1) is 11.3 Å². The number of hydrogen-bond donors (Lipinski definition) is 0. The molecule has 0 radical (unpaired) electrons. The van der Waals surface area contributed by atoms with Gasteiger partial charge in [-0.05, 0) is 67.6 Å². The summed E-state index contributed by atoms with van der Waals surface area (Å²) in [6, 6.07) is 14.1. The smallest absolute Gasteiger partial charge is 0.344 e. The van der Waals surface area contributed by atoms with Crippen LogP contribution in [-0.4, -0.2) is 24.5 Å². The monoisotopic (exact) mass is 349 g/mol. The maximum atomic E-state index is 12.5. The molecule has 1 atom stereocenters. The summed E-state index contributed by atoms with van der Waals surface area (Å²) < 4.78 is 10.5. The second-order valence-corrected chi connectivity index (χ2v) is 6.26. The molecule has 2 aromatic carbocycles. The minimum absolute atomic E-state index is 0.216. The Morgan fingerprint density at radius 3 is 2.58 bits per heavy atom. The molecule has 0 fully saturated rings. The average molecular weight is 349 g/mol. The van der Waals surface area contributed by atoms with E-state index >= 15 is 0 Å². The standard InChI is InChI=1S/C21H19NO4/c1-14(21(24)18-8-7-16-3-2-4-17(16)11-18)26-20(23)13-25-19-9-5-15(12-22)6-10-19/h5-11,14H,2-4,13H2,1H3/t14-/m1/s1. The number of carbonyl (C=O) groups excluding carboxylic acids is 2. The maximum Gasteiger partial charge on any atom is 0.344 e. The Balaban J connectivity index is 1.53. The van der Waals surface area contributed by atoms with Crippen molar-refractivity contribution >= 4 is 11.8 Å². The number of Topliss-reactive ketones (excluding diaryl/α,β-unsaturated/α-hetero) is 1. The third-order valence-corrected chi connectivity index (χ3v) is 4.40. The van der Waals surface area contributed by atoms with E-state index in [0.29, 0.717) is 16.9 Å². The lowest BCUT2D eigenvalue weighted by molar-refractivity contribution is -0.148. The Morgan fingerprint density at radius 2 is 1.85 bits per heavy atom. The van der Waals surface area contributed by atoms with Gasteiger partial charge in [-0.15, -0.1) is 0 Å². The number of fused-ring (bicyclic) bond motifs is 1. The van der Waals surface area contributed by atoms with Gasteiger partial charge < -0.3 is 9.47 Å². The van der Waals surface area contributed by atoms with Crippen LogP contribution < -0.4 is 4.74 Å². The zero-order valence-corrected chi connectivity index (χ0v) is 14.5. The van der Waals surface area contributed by atoms with Gasteiger partial charge in [-0.1, -0.05) is 12.1 Å². The van der Waals surface area contributed by atoms with Gasteiger partial charge >= 0.3 is 5.97 Å². The Kier molecular flexibility index (Phi) is 5.33. The lowest BCUT2D eigenvalue weighted by Gasteiger charge is -2.13. The van der Waals surface area contributed by atoms with Crippen LogP contribution >= 0.6 is 0 Å². The summed E-state index contributed by atoms with van der Waals surface area (Å²) in [5.41, 5.74) is 3.58. The highest BCUT2D eigenvalue weighted by Crippen LogP contribution is 2.23. The second-order valence-electron chi connectivity index (χ2n) is 6.26. The molecule has 0 amide bonds. The molecule has 0 heterocycles. The van der Waals surface area contributed by atoms with Crippen LogP contribution in [0.25, 0.3) is 0 Å². The second kappa shape index (κ2) is 7.83. The largest absolute Gasteiger partial charge is 0.482 e. The highest BCUT2D eigenvalue weighted by molar-refractivity contribution is 6.00. The molecule has 0 unspecified atom stereocenters. The van der Waals surface area contributed by atoms with Crippen molar-refractivity contribution in [2.24, 2.45) is 0 Å². The van der Waals surface area contributed by atoms with Crippen molar-refractivity contribution in [1.29, 1.82) is 5.26 Å². The van der Waals surface area contributed by atoms with E-state index in [1.165, 1.54) is 11.1 Å². The van der Waals surface area contributed by atoms with Crippen LogP contribution in [-0.2, 0) is 22.4 Å². The van der Waals surface area contributed by atoms with Crippen molar-refractivity contribution in [3.05, 3.63) is 64.7 Å². The molecule has 132 valence electrons. The Hall–Kier alpha value is -3.13. The number of carbonyl (C=O) groups is 2. The number of benzene rings is 2. The fraction of sp³-hybridized carbons (Fsp3) is 0.286. The molecule has 0 saturated carbocycles. The van der Waals surface area contributed by atoms with Crippen LogP contribution in [0.4, 0.5) is 0 Å². The summed E-state index contributed by atoms with van der Waals surface area (Å²) in [5.74, 6) is -0.374. The molecule has 0 aliphatic heterocycles. The van der Waals surface area contributed by atoms with Crippen molar-refractivity contribution in [3.8, 4) is 11.8 Å². The summed E-state index contributed by atoms with van der Waals surface area (Å²) in [7, 11) is 0. The number of ether oxygens (including phenoxy) is 2. The molecular weight excluding hydrogens is 330 g/mol. The van der Waals surface area contributed by atoms with Crippen LogP contribution in [0.15, 0.2) is 42.5 Å². The zero-order chi connectivity index (χ0) is 18.5. The van der Waals surface area contributed by atoms with Gasteiger partial charge in [0, 0.05) is 5.56 Å². The first-order chi connectivity index (χ1) is 12.6. The van der Waals surface area contributed by atoms with E-state index in [0.717, 1.165) is 19.3 Å². The van der Waals surface area contributed by atoms with E-state index in [4.69, 9.17) is 14.7 Å². The minimum atomic E-state index is -0.869. The molecule has 1 aliphatic carbocycles. The number of nitrogens with zero attached hydrogens (tertiary/aromatic N) is 1. The normalized spacial score (nSPS) is 13.4. The Labute approximate surface area is 152 Å². The van der Waals surface area contributed by atoms with Crippen LogP contribution in [0.5, 0.6) is 5.75 Å². The first-order valence-corrected chi connectivity index (χ1v) is 8.55. The zero-order valence-electron chi connectivity index (χ0n) is 14.5. The first kappa shape index (κ1) is 17.7. The van der Waals surface area contributed by atoms with E-state index in [-0.39, 0.29) is 12.4 Å². The Morgan fingerprint density at radius 1 is 1.12 bits per heavy atom. The number of nitriles is 1. The fourth-order valence-corrected chi connectivity index (χ4v) is 3.01. The lowest BCUT2D eigenvalue weighted by atomic mass is 10.0. The fourth-order valence-electron chi connectivity index (χ4n) is 3.01. The van der Waals surface area contributed by atoms with Crippen molar-refractivity contribution in [3.63, 3.8) is 0 Å². The molecule has 5 heteroatoms. The Bertz CT molecular complexity index is 865. The molecule has 3 rings (SSSR count). The summed E-state index contributed by atoms with van der Waals surface area (Å²) in [6.07, 6.45) is 2.29. The van der Waals surface area contributed by atoms with E-state index in [2.05, 4.69) is 0 Å². The van der Waals surface area contributed by atoms with Gasteiger partial charge in [-0.2, -0.15) is 5.26 Å². The lowest BCUT2D eigenvalue weighted by Crippen LogP contribution is -2.27. The predicted octanol–water partition coefficient (Wildman–Crippen LogP) is 3.24. The van der Waals surface area contributed by atoms with E-state index in [1.54, 1.807) is 37.3 Å². The highest BCUT2D eigenvalue weighted by atomic mass is 16.6. The van der Waals surface area contributed by atoms with Crippen molar-refractivity contribution < 1.29 is 19.1 Å². The number of aryl methyl sites for hydroxylation is 2. The van der Waals surface area contributed by atoms with Gasteiger partial charge in [-0.25, -0.2) is 4.79 Å². The van der Waals surface area contributed by atoms with Gasteiger partial charge in [0.1, 0.15) is 5.75 Å². The number of hydrogen-bond acceptors (Lipinski definition) is 5. The molecular formula is C21H19NO4. The average Bonchev–Trinajstić information content (AvgIpc) is 3.13. The molecule has 0 bridgehead atoms. The summed E-state index contributed by atoms with van der Waals surface area (Å²) in [5, 5.41) is 8.75. The first-order valence-electron chi connectivity index (χ1n) is 8.55. The SMILES string of the molecule is C[C@@H](OC(=O)COc1ccc(C#N)cc1)C(=O)c1ccc2c(c1)CCC2. The summed E-state index contributed by atoms with van der Waals surface area (Å²) in [4.78, 5) is 24.4. The molecule has 0 saturated heterocycles. The maximum absolute atomic E-state index is 12.5. The van der Waals surface area contributed by atoms with Gasteiger partial charge in [0.2, 0.25) is 5.78 Å². The van der Waals surface area contributed by atoms with E-state index in [9.17, 15) is 9.59 Å². The van der Waals surface area contributed by atoms with Gasteiger partial charge in [0.05, 0.1) is 11.6 Å². The van der Waals surface area contributed by atoms with Crippen molar-refractivity contribution in [2.75, 3.05) is 6.61 Å². The molecule has 0 aromatic heterocycles. The topological polar surface area (TPSA) is 76.4 Å².